The smallest absolute Gasteiger partial charge is 0.0542 e. The molecule has 0 unspecified atom stereocenters. The Labute approximate surface area is 330 Å². The van der Waals surface area contributed by atoms with Gasteiger partial charge in [0, 0.05) is 44.7 Å². The van der Waals surface area contributed by atoms with Crippen molar-refractivity contribution in [1.29, 1.82) is 0 Å². The van der Waals surface area contributed by atoms with Crippen LogP contribution in [0.4, 0.5) is 34.1 Å². The van der Waals surface area contributed by atoms with E-state index in [1.54, 1.807) is 0 Å². The molecule has 268 valence electrons. The first kappa shape index (κ1) is 32.8. The Kier molecular flexibility index (Phi) is 6.98. The van der Waals surface area contributed by atoms with E-state index in [1.807, 2.05) is 0 Å². The van der Waals surface area contributed by atoms with Crippen LogP contribution in [0, 0.1) is 0 Å². The van der Waals surface area contributed by atoms with E-state index in [4.69, 9.17) is 0 Å². The van der Waals surface area contributed by atoms with Gasteiger partial charge in [0.15, 0.2) is 0 Å². The van der Waals surface area contributed by atoms with E-state index in [0.717, 1.165) is 28.4 Å². The van der Waals surface area contributed by atoms with E-state index in [2.05, 4.69) is 219 Å². The van der Waals surface area contributed by atoms with Gasteiger partial charge in [-0.3, -0.25) is 0 Å². The fourth-order valence-electron chi connectivity index (χ4n) is 10.0. The summed E-state index contributed by atoms with van der Waals surface area (Å²) >= 11 is 0. The molecule has 0 aromatic heterocycles. The van der Waals surface area contributed by atoms with Crippen molar-refractivity contribution >= 4 is 34.1 Å². The maximum atomic E-state index is 2.49. The monoisotopic (exact) mass is 718 g/mol. The summed E-state index contributed by atoms with van der Waals surface area (Å²) in [7, 11) is 0. The van der Waals surface area contributed by atoms with Crippen LogP contribution in [0.5, 0.6) is 0 Å². The SMILES string of the molecule is CC1(C)c2ccccc2-c2ccc(N(c3ccc4c(c3)-c3ccccc3-c3ccccc3N4c3ccccc3)c3ccc4c(c3)C(C)(C)c3ccccc3-4)cc21. The molecule has 3 aliphatic rings. The van der Waals surface area contributed by atoms with Gasteiger partial charge in [-0.25, -0.2) is 0 Å². The topological polar surface area (TPSA) is 6.48 Å². The third-order valence-corrected chi connectivity index (χ3v) is 12.8. The van der Waals surface area contributed by atoms with E-state index in [-0.39, 0.29) is 10.8 Å². The van der Waals surface area contributed by atoms with Crippen molar-refractivity contribution in [2.24, 2.45) is 0 Å². The van der Waals surface area contributed by atoms with Crippen LogP contribution in [0.3, 0.4) is 0 Å². The normalized spacial score (nSPS) is 14.7. The number of hydrogen-bond donors (Lipinski definition) is 0. The number of nitrogens with zero attached hydrogens (tertiary/aromatic N) is 2. The first-order valence-electron chi connectivity index (χ1n) is 19.8. The highest BCUT2D eigenvalue weighted by molar-refractivity contribution is 6.03. The lowest BCUT2D eigenvalue weighted by atomic mass is 9.82. The molecule has 0 saturated heterocycles. The Morgan fingerprint density at radius 2 is 0.732 bits per heavy atom. The Morgan fingerprint density at radius 3 is 1.32 bits per heavy atom. The lowest BCUT2D eigenvalue weighted by Gasteiger charge is -2.31. The molecule has 0 radical (unpaired) electrons. The summed E-state index contributed by atoms with van der Waals surface area (Å²) in [6.07, 6.45) is 0. The Balaban J connectivity index is 1.16. The minimum Gasteiger partial charge on any atom is -0.310 e. The van der Waals surface area contributed by atoms with Gasteiger partial charge in [0.1, 0.15) is 0 Å². The van der Waals surface area contributed by atoms with E-state index < -0.39 is 0 Å². The molecule has 2 nitrogen and oxygen atoms in total. The maximum Gasteiger partial charge on any atom is 0.0542 e. The minimum absolute atomic E-state index is 0.121. The average Bonchev–Trinajstić information content (AvgIpc) is 3.55. The van der Waals surface area contributed by atoms with Crippen LogP contribution in [0.2, 0.25) is 0 Å². The van der Waals surface area contributed by atoms with Crippen LogP contribution in [-0.2, 0) is 10.8 Å². The van der Waals surface area contributed by atoms with Crippen molar-refractivity contribution in [2.45, 2.75) is 38.5 Å². The van der Waals surface area contributed by atoms with E-state index >= 15 is 0 Å². The van der Waals surface area contributed by atoms with Crippen LogP contribution in [0.25, 0.3) is 44.5 Å². The molecule has 0 N–H and O–H groups in total. The summed E-state index contributed by atoms with van der Waals surface area (Å²) < 4.78 is 0. The van der Waals surface area contributed by atoms with Crippen molar-refractivity contribution in [3.8, 4) is 44.5 Å². The summed E-state index contributed by atoms with van der Waals surface area (Å²) in [4.78, 5) is 4.93. The zero-order chi connectivity index (χ0) is 37.8. The highest BCUT2D eigenvalue weighted by atomic mass is 15.2. The van der Waals surface area contributed by atoms with Crippen LogP contribution in [-0.4, -0.2) is 0 Å². The molecular weight excluding hydrogens is 677 g/mol. The molecule has 8 aromatic rings. The fraction of sp³-hybridized carbons (Fsp3) is 0.111. The minimum atomic E-state index is -0.121. The van der Waals surface area contributed by atoms with Gasteiger partial charge in [-0.1, -0.05) is 149 Å². The summed E-state index contributed by atoms with van der Waals surface area (Å²) in [5.41, 5.74) is 22.4. The lowest BCUT2D eigenvalue weighted by Crippen LogP contribution is -2.18. The van der Waals surface area contributed by atoms with Crippen LogP contribution in [0.1, 0.15) is 49.9 Å². The predicted octanol–water partition coefficient (Wildman–Crippen LogP) is 14.9. The third kappa shape index (κ3) is 4.62. The molecule has 56 heavy (non-hydrogen) atoms. The second-order valence-corrected chi connectivity index (χ2v) is 16.6. The number of rotatable bonds is 4. The highest BCUT2D eigenvalue weighted by Crippen LogP contribution is 2.55. The van der Waals surface area contributed by atoms with E-state index in [9.17, 15) is 0 Å². The molecule has 0 fully saturated rings. The van der Waals surface area contributed by atoms with Crippen molar-refractivity contribution in [3.05, 3.63) is 204 Å². The van der Waals surface area contributed by atoms with Gasteiger partial charge in [-0.2, -0.15) is 0 Å². The summed E-state index contributed by atoms with van der Waals surface area (Å²) in [5.74, 6) is 0. The molecule has 0 amide bonds. The first-order valence-corrected chi connectivity index (χ1v) is 19.8. The fourth-order valence-corrected chi connectivity index (χ4v) is 10.0. The zero-order valence-corrected chi connectivity index (χ0v) is 32.2. The van der Waals surface area contributed by atoms with Crippen molar-refractivity contribution in [2.75, 3.05) is 9.80 Å². The molecule has 1 heterocycles. The van der Waals surface area contributed by atoms with Gasteiger partial charge in [0.25, 0.3) is 0 Å². The highest BCUT2D eigenvalue weighted by Gasteiger charge is 2.38. The lowest BCUT2D eigenvalue weighted by molar-refractivity contribution is 0.660. The summed E-state index contributed by atoms with van der Waals surface area (Å²) in [6, 6.07) is 67.7. The molecular formula is C54H42N2. The third-order valence-electron chi connectivity index (χ3n) is 12.8. The predicted molar refractivity (Wildman–Crippen MR) is 235 cm³/mol. The molecule has 0 bridgehead atoms. The van der Waals surface area contributed by atoms with Crippen molar-refractivity contribution in [1.82, 2.24) is 0 Å². The van der Waals surface area contributed by atoms with E-state index in [0.29, 0.717) is 0 Å². The summed E-state index contributed by atoms with van der Waals surface area (Å²) in [6.45, 7) is 9.48. The molecule has 1 aliphatic heterocycles. The molecule has 2 aliphatic carbocycles. The standard InChI is InChI=1S/C54H42N2/c1-53(2)47-23-13-10-20-41(47)43-29-26-37(33-49(43)53)55(38-27-30-44-42-21-11-14-24-48(42)54(3,4)50(44)34-38)36-28-31-52-46(32-36)40-19-9-8-18-39(40)45-22-12-15-25-51(45)56(52)35-16-6-5-7-17-35/h5-34H,1-4H3. The van der Waals surface area contributed by atoms with Gasteiger partial charge in [0.2, 0.25) is 0 Å². The van der Waals surface area contributed by atoms with Crippen LogP contribution >= 0.6 is 0 Å². The zero-order valence-electron chi connectivity index (χ0n) is 32.2. The van der Waals surface area contributed by atoms with Gasteiger partial charge < -0.3 is 9.80 Å². The van der Waals surface area contributed by atoms with Gasteiger partial charge >= 0.3 is 0 Å². The molecule has 0 saturated carbocycles. The quantitative estimate of drug-likeness (QED) is 0.179. The maximum absolute atomic E-state index is 2.49. The molecule has 11 rings (SSSR count). The molecule has 0 spiro atoms. The molecule has 8 aromatic carbocycles. The van der Waals surface area contributed by atoms with Crippen LogP contribution in [0.15, 0.2) is 182 Å². The van der Waals surface area contributed by atoms with Crippen molar-refractivity contribution in [3.63, 3.8) is 0 Å². The Hall–Kier alpha value is -6.64. The number of para-hydroxylation sites is 2. The summed E-state index contributed by atoms with van der Waals surface area (Å²) in [5, 5.41) is 0. The number of benzene rings is 8. The largest absolute Gasteiger partial charge is 0.310 e. The molecule has 2 heteroatoms. The molecule has 0 atom stereocenters. The Bertz CT molecular complexity index is 2770. The van der Waals surface area contributed by atoms with Crippen LogP contribution < -0.4 is 9.80 Å². The van der Waals surface area contributed by atoms with Gasteiger partial charge in [-0.15, -0.1) is 0 Å². The van der Waals surface area contributed by atoms with Gasteiger partial charge in [-0.05, 0) is 116 Å². The van der Waals surface area contributed by atoms with Gasteiger partial charge in [0.05, 0.1) is 11.4 Å². The van der Waals surface area contributed by atoms with E-state index in [1.165, 1.54) is 72.4 Å². The second kappa shape index (κ2) is 11.9. The first-order chi connectivity index (χ1) is 27.3. The average molecular weight is 719 g/mol. The number of anilines is 6. The second-order valence-electron chi connectivity index (χ2n) is 16.6. The van der Waals surface area contributed by atoms with Crippen molar-refractivity contribution < 1.29 is 0 Å². The Morgan fingerprint density at radius 1 is 0.321 bits per heavy atom. The number of hydrogen-bond acceptors (Lipinski definition) is 2. The number of fused-ring (bicyclic) bond motifs is 11.